The first kappa shape index (κ1) is 22.8. The quantitative estimate of drug-likeness (QED) is 0.388. The first-order valence-corrected chi connectivity index (χ1v) is 9.83. The topological polar surface area (TPSA) is 60.4 Å². The molecule has 0 radical (unpaired) electrons. The summed E-state index contributed by atoms with van der Waals surface area (Å²) in [5.41, 5.74) is 0.962. The van der Waals surface area contributed by atoms with Crippen molar-refractivity contribution in [1.29, 1.82) is 0 Å². The zero-order valence-electron chi connectivity index (χ0n) is 16.9. The lowest BCUT2D eigenvalue weighted by molar-refractivity contribution is -0.153. The van der Waals surface area contributed by atoms with Gasteiger partial charge in [0, 0.05) is 25.2 Å². The molecule has 148 valence electrons. The van der Waals surface area contributed by atoms with Crippen LogP contribution in [0.3, 0.4) is 0 Å². The fourth-order valence-corrected chi connectivity index (χ4v) is 3.08. The smallest absolute Gasteiger partial charge is 0.317 e. The molecule has 27 heavy (non-hydrogen) atoms. The highest BCUT2D eigenvalue weighted by molar-refractivity contribution is 6.00. The van der Waals surface area contributed by atoms with E-state index in [9.17, 15) is 14.4 Å². The van der Waals surface area contributed by atoms with E-state index in [0.29, 0.717) is 19.3 Å². The molecule has 4 nitrogen and oxygen atoms in total. The minimum Gasteiger partial charge on any atom is -0.465 e. The first-order valence-electron chi connectivity index (χ1n) is 9.83. The summed E-state index contributed by atoms with van der Waals surface area (Å²) in [6.07, 6.45) is 5.26. The van der Waals surface area contributed by atoms with Gasteiger partial charge < -0.3 is 4.74 Å². The van der Waals surface area contributed by atoms with Crippen LogP contribution in [0.4, 0.5) is 0 Å². The van der Waals surface area contributed by atoms with Crippen LogP contribution in [0, 0.1) is 17.8 Å². The van der Waals surface area contributed by atoms with Gasteiger partial charge in [0.15, 0.2) is 0 Å². The van der Waals surface area contributed by atoms with Crippen LogP contribution in [0.25, 0.3) is 6.08 Å². The Morgan fingerprint density at radius 2 is 1.70 bits per heavy atom. The van der Waals surface area contributed by atoms with Gasteiger partial charge in [-0.2, -0.15) is 0 Å². The maximum Gasteiger partial charge on any atom is 0.317 e. The average molecular weight is 373 g/mol. The van der Waals surface area contributed by atoms with Crippen LogP contribution < -0.4 is 0 Å². The van der Waals surface area contributed by atoms with Crippen LogP contribution in [0.1, 0.15) is 58.9 Å². The molecule has 0 fully saturated rings. The van der Waals surface area contributed by atoms with Gasteiger partial charge in [0.2, 0.25) is 0 Å². The Hall–Kier alpha value is -2.23. The van der Waals surface area contributed by atoms with Crippen molar-refractivity contribution in [3.63, 3.8) is 0 Å². The van der Waals surface area contributed by atoms with E-state index < -0.39 is 17.8 Å². The van der Waals surface area contributed by atoms with Crippen LogP contribution in [0.15, 0.2) is 36.4 Å². The molecule has 0 aliphatic carbocycles. The van der Waals surface area contributed by atoms with Gasteiger partial charge >= 0.3 is 5.97 Å². The molecule has 2 atom stereocenters. The Balaban J connectivity index is 3.15. The first-order chi connectivity index (χ1) is 12.9. The summed E-state index contributed by atoms with van der Waals surface area (Å²) in [4.78, 5) is 37.6. The number of benzene rings is 1. The summed E-state index contributed by atoms with van der Waals surface area (Å²) in [5.74, 6) is -1.81. The number of hydrogen-bond donors (Lipinski definition) is 0. The SMILES string of the molecule is CCCC(=O)C(C(=O)OCC)C(/C=C/c1ccccc1)CC(=O)CC(C)C. The van der Waals surface area contributed by atoms with E-state index in [2.05, 4.69) is 0 Å². The van der Waals surface area contributed by atoms with Crippen molar-refractivity contribution in [2.45, 2.75) is 53.4 Å². The predicted octanol–water partition coefficient (Wildman–Crippen LogP) is 4.87. The molecule has 0 aliphatic rings. The van der Waals surface area contributed by atoms with Crippen LogP contribution >= 0.6 is 0 Å². The standard InChI is InChI=1S/C23H32O4/c1-5-10-21(25)22(23(26)27-6-2)19(16-20(24)15-17(3)4)14-13-18-11-8-7-9-12-18/h7-9,11-14,17,19,22H,5-6,10,15-16H2,1-4H3/b14-13+. The molecule has 1 aromatic carbocycles. The van der Waals surface area contributed by atoms with Crippen LogP contribution in [-0.2, 0) is 19.1 Å². The molecule has 0 aromatic heterocycles. The van der Waals surface area contributed by atoms with Gasteiger partial charge in [0.25, 0.3) is 0 Å². The molecule has 1 aromatic rings. The fourth-order valence-electron chi connectivity index (χ4n) is 3.08. The van der Waals surface area contributed by atoms with E-state index in [1.807, 2.05) is 63.3 Å². The second-order valence-corrected chi connectivity index (χ2v) is 7.22. The van der Waals surface area contributed by atoms with Crippen molar-refractivity contribution < 1.29 is 19.1 Å². The molecule has 4 heteroatoms. The van der Waals surface area contributed by atoms with E-state index >= 15 is 0 Å². The summed E-state index contributed by atoms with van der Waals surface area (Å²) < 4.78 is 5.16. The molecule has 0 heterocycles. The van der Waals surface area contributed by atoms with E-state index in [0.717, 1.165) is 5.56 Å². The normalized spacial score (nSPS) is 13.5. The summed E-state index contributed by atoms with van der Waals surface area (Å²) in [6.45, 7) is 7.80. The van der Waals surface area contributed by atoms with Gasteiger partial charge in [0.1, 0.15) is 17.5 Å². The third-order valence-corrected chi connectivity index (χ3v) is 4.25. The number of esters is 1. The molecular formula is C23H32O4. The van der Waals surface area contributed by atoms with E-state index in [4.69, 9.17) is 4.74 Å². The molecular weight excluding hydrogens is 340 g/mol. The summed E-state index contributed by atoms with van der Waals surface area (Å²) in [6, 6.07) is 9.65. The number of allylic oxidation sites excluding steroid dienone is 1. The van der Waals surface area contributed by atoms with Crippen LogP contribution in [0.2, 0.25) is 0 Å². The van der Waals surface area contributed by atoms with Crippen molar-refractivity contribution in [1.82, 2.24) is 0 Å². The molecule has 2 unspecified atom stereocenters. The number of ketones is 2. The minimum absolute atomic E-state index is 0.0614. The fraction of sp³-hybridized carbons (Fsp3) is 0.522. The van der Waals surface area contributed by atoms with Crippen LogP contribution in [-0.4, -0.2) is 24.1 Å². The van der Waals surface area contributed by atoms with Crippen molar-refractivity contribution in [3.05, 3.63) is 42.0 Å². The molecule has 0 bridgehead atoms. The molecule has 0 saturated carbocycles. The molecule has 0 amide bonds. The molecule has 0 aliphatic heterocycles. The van der Waals surface area contributed by atoms with Crippen molar-refractivity contribution in [2.75, 3.05) is 6.61 Å². The predicted molar refractivity (Wildman–Crippen MR) is 108 cm³/mol. The van der Waals surface area contributed by atoms with Gasteiger partial charge in [-0.25, -0.2) is 0 Å². The lowest BCUT2D eigenvalue weighted by Gasteiger charge is -2.22. The van der Waals surface area contributed by atoms with Gasteiger partial charge in [-0.15, -0.1) is 0 Å². The molecule has 1 rings (SSSR count). The molecule has 0 saturated heterocycles. The van der Waals surface area contributed by atoms with Crippen molar-refractivity contribution in [2.24, 2.45) is 17.8 Å². The number of Topliss-reactive ketones (excluding diaryl/α,β-unsaturated/α-hetero) is 2. The molecule has 0 spiro atoms. The number of ether oxygens (including phenoxy) is 1. The number of rotatable bonds is 12. The summed E-state index contributed by atoms with van der Waals surface area (Å²) in [5, 5.41) is 0. The highest BCUT2D eigenvalue weighted by atomic mass is 16.5. The zero-order valence-corrected chi connectivity index (χ0v) is 16.9. The van der Waals surface area contributed by atoms with E-state index in [1.54, 1.807) is 6.92 Å². The number of carbonyl (C=O) groups excluding carboxylic acids is 3. The average Bonchev–Trinajstić information content (AvgIpc) is 2.60. The second-order valence-electron chi connectivity index (χ2n) is 7.22. The van der Waals surface area contributed by atoms with E-state index in [1.165, 1.54) is 0 Å². The van der Waals surface area contributed by atoms with E-state index in [-0.39, 0.29) is 30.5 Å². The van der Waals surface area contributed by atoms with Crippen LogP contribution in [0.5, 0.6) is 0 Å². The monoisotopic (exact) mass is 372 g/mol. The Labute approximate surface area is 163 Å². The Bertz CT molecular complexity index is 613. The zero-order chi connectivity index (χ0) is 20.2. The maximum atomic E-state index is 12.7. The van der Waals surface area contributed by atoms with Crippen molar-refractivity contribution >= 4 is 23.6 Å². The number of hydrogen-bond acceptors (Lipinski definition) is 4. The highest BCUT2D eigenvalue weighted by Gasteiger charge is 2.35. The van der Waals surface area contributed by atoms with Crippen molar-refractivity contribution in [3.8, 4) is 0 Å². The van der Waals surface area contributed by atoms with Gasteiger partial charge in [0.05, 0.1) is 6.61 Å². The Kier molecular flexibility index (Phi) is 10.3. The summed E-state index contributed by atoms with van der Waals surface area (Å²) in [7, 11) is 0. The summed E-state index contributed by atoms with van der Waals surface area (Å²) >= 11 is 0. The van der Waals surface area contributed by atoms with Gasteiger partial charge in [-0.1, -0.05) is 63.3 Å². The molecule has 0 N–H and O–H groups in total. The minimum atomic E-state index is -0.930. The Morgan fingerprint density at radius 3 is 2.26 bits per heavy atom. The highest BCUT2D eigenvalue weighted by Crippen LogP contribution is 2.25. The largest absolute Gasteiger partial charge is 0.465 e. The third-order valence-electron chi connectivity index (χ3n) is 4.25. The van der Waals surface area contributed by atoms with Gasteiger partial charge in [-0.05, 0) is 24.8 Å². The second kappa shape index (κ2) is 12.2. The lowest BCUT2D eigenvalue weighted by atomic mass is 9.82. The van der Waals surface area contributed by atoms with Gasteiger partial charge in [-0.3, -0.25) is 14.4 Å². The third kappa shape index (κ3) is 8.33. The number of carbonyl (C=O) groups is 3. The lowest BCUT2D eigenvalue weighted by Crippen LogP contribution is -2.33. The maximum absolute atomic E-state index is 12.7. The Morgan fingerprint density at radius 1 is 1.04 bits per heavy atom.